The Balaban J connectivity index is 1.55. The van der Waals surface area contributed by atoms with Gasteiger partial charge >= 0.3 is 0 Å². The minimum absolute atomic E-state index is 0.204. The number of halogens is 1. The van der Waals surface area contributed by atoms with Crippen LogP contribution in [0.25, 0.3) is 21.7 Å². The lowest BCUT2D eigenvalue weighted by Gasteiger charge is -2.16. The Bertz CT molecular complexity index is 998. The zero-order valence-corrected chi connectivity index (χ0v) is 13.5. The molecule has 2 N–H and O–H groups in total. The van der Waals surface area contributed by atoms with Gasteiger partial charge in [-0.25, -0.2) is 4.39 Å². The summed E-state index contributed by atoms with van der Waals surface area (Å²) in [5, 5.41) is 7.00. The van der Waals surface area contributed by atoms with E-state index in [1.54, 1.807) is 12.1 Å². The Kier molecular flexibility index (Phi) is 3.79. The molecule has 0 bridgehead atoms. The molecule has 0 saturated carbocycles. The first-order valence-electron chi connectivity index (χ1n) is 8.19. The second-order valence-electron chi connectivity index (χ2n) is 6.20. The monoisotopic (exact) mass is 318 g/mol. The van der Waals surface area contributed by atoms with Crippen LogP contribution in [0.5, 0.6) is 0 Å². The fraction of sp³-hybridized carbons (Fsp3) is 0.143. The molecular weight excluding hydrogens is 299 g/mol. The minimum atomic E-state index is -0.204. The highest BCUT2D eigenvalue weighted by atomic mass is 19.1. The Morgan fingerprint density at radius 2 is 1.79 bits per heavy atom. The van der Waals surface area contributed by atoms with Gasteiger partial charge in [0.1, 0.15) is 5.82 Å². The first kappa shape index (κ1) is 14.9. The molecule has 0 aliphatic carbocycles. The number of benzene rings is 3. The quantitative estimate of drug-likeness (QED) is 0.524. The Morgan fingerprint density at radius 1 is 0.958 bits per heavy atom. The number of fused-ring (bicyclic) bond motifs is 2. The first-order valence-corrected chi connectivity index (χ1v) is 8.19. The van der Waals surface area contributed by atoms with Gasteiger partial charge in [0.2, 0.25) is 0 Å². The number of rotatable bonds is 4. The average Bonchev–Trinajstić information content (AvgIpc) is 3.01. The molecule has 120 valence electrons. The van der Waals surface area contributed by atoms with Crippen LogP contribution in [-0.4, -0.2) is 4.98 Å². The molecule has 1 heterocycles. The lowest BCUT2D eigenvalue weighted by Crippen LogP contribution is -2.18. The molecule has 0 saturated heterocycles. The minimum Gasteiger partial charge on any atom is -0.357 e. The molecule has 0 aliphatic heterocycles. The SMILES string of the molecule is C[C@@H](NCc1cc2cc(F)ccc2[nH]1)c1cccc2ccccc12. The van der Waals surface area contributed by atoms with Crippen molar-refractivity contribution in [3.63, 3.8) is 0 Å². The highest BCUT2D eigenvalue weighted by molar-refractivity contribution is 5.86. The molecule has 1 atom stereocenters. The molecule has 4 aromatic rings. The average molecular weight is 318 g/mol. The summed E-state index contributed by atoms with van der Waals surface area (Å²) in [5.74, 6) is -0.204. The summed E-state index contributed by atoms with van der Waals surface area (Å²) < 4.78 is 13.3. The predicted molar refractivity (Wildman–Crippen MR) is 97.5 cm³/mol. The lowest BCUT2D eigenvalue weighted by atomic mass is 10.00. The van der Waals surface area contributed by atoms with Gasteiger partial charge in [0.15, 0.2) is 0 Å². The predicted octanol–water partition coefficient (Wildman–Crippen LogP) is 5.31. The Morgan fingerprint density at radius 3 is 2.71 bits per heavy atom. The van der Waals surface area contributed by atoms with E-state index in [1.807, 2.05) is 6.07 Å². The van der Waals surface area contributed by atoms with E-state index in [0.717, 1.165) is 16.6 Å². The largest absolute Gasteiger partial charge is 0.357 e. The zero-order valence-electron chi connectivity index (χ0n) is 13.5. The summed E-state index contributed by atoms with van der Waals surface area (Å²) in [6.45, 7) is 2.88. The van der Waals surface area contributed by atoms with Gasteiger partial charge in [-0.3, -0.25) is 0 Å². The summed E-state index contributed by atoms with van der Waals surface area (Å²) in [6.07, 6.45) is 0. The molecule has 24 heavy (non-hydrogen) atoms. The van der Waals surface area contributed by atoms with Crippen LogP contribution < -0.4 is 5.32 Å². The normalized spacial score (nSPS) is 12.8. The van der Waals surface area contributed by atoms with Crippen LogP contribution >= 0.6 is 0 Å². The topological polar surface area (TPSA) is 27.8 Å². The summed E-state index contributed by atoms with van der Waals surface area (Å²) >= 11 is 0. The van der Waals surface area contributed by atoms with Crippen molar-refractivity contribution in [3.05, 3.63) is 83.8 Å². The molecule has 0 aliphatic rings. The van der Waals surface area contributed by atoms with Gasteiger partial charge in [-0.1, -0.05) is 42.5 Å². The third kappa shape index (κ3) is 2.79. The number of hydrogen-bond acceptors (Lipinski definition) is 1. The number of aromatic amines is 1. The van der Waals surface area contributed by atoms with E-state index in [-0.39, 0.29) is 11.9 Å². The summed E-state index contributed by atoms with van der Waals surface area (Å²) in [6, 6.07) is 21.9. The highest BCUT2D eigenvalue weighted by Crippen LogP contribution is 2.24. The van der Waals surface area contributed by atoms with Crippen molar-refractivity contribution < 1.29 is 4.39 Å². The second kappa shape index (κ2) is 6.10. The molecule has 3 aromatic carbocycles. The maximum atomic E-state index is 13.3. The summed E-state index contributed by atoms with van der Waals surface area (Å²) in [5.41, 5.74) is 3.31. The van der Waals surface area contributed by atoms with Crippen molar-refractivity contribution in [1.29, 1.82) is 0 Å². The van der Waals surface area contributed by atoms with Gasteiger partial charge in [0, 0.05) is 29.2 Å². The molecular formula is C21H19FN2. The van der Waals surface area contributed by atoms with Crippen molar-refractivity contribution in [1.82, 2.24) is 10.3 Å². The molecule has 0 fully saturated rings. The van der Waals surface area contributed by atoms with Crippen LogP contribution in [0, 0.1) is 5.82 Å². The number of nitrogens with one attached hydrogen (secondary N) is 2. The Hall–Kier alpha value is -2.65. The third-order valence-corrected chi connectivity index (χ3v) is 4.53. The van der Waals surface area contributed by atoms with Crippen molar-refractivity contribution in [2.24, 2.45) is 0 Å². The second-order valence-corrected chi connectivity index (χ2v) is 6.20. The van der Waals surface area contributed by atoms with Gasteiger partial charge in [-0.05, 0) is 47.5 Å². The number of H-pyrrole nitrogens is 1. The summed E-state index contributed by atoms with van der Waals surface area (Å²) in [7, 11) is 0. The van der Waals surface area contributed by atoms with E-state index in [4.69, 9.17) is 0 Å². The van der Waals surface area contributed by atoms with Crippen LogP contribution in [-0.2, 0) is 6.54 Å². The molecule has 0 unspecified atom stereocenters. The molecule has 2 nitrogen and oxygen atoms in total. The molecule has 0 spiro atoms. The highest BCUT2D eigenvalue weighted by Gasteiger charge is 2.09. The van der Waals surface area contributed by atoms with Crippen molar-refractivity contribution >= 4 is 21.7 Å². The van der Waals surface area contributed by atoms with E-state index < -0.39 is 0 Å². The summed E-state index contributed by atoms with van der Waals surface area (Å²) in [4.78, 5) is 3.34. The van der Waals surface area contributed by atoms with E-state index in [2.05, 4.69) is 59.7 Å². The van der Waals surface area contributed by atoms with E-state index >= 15 is 0 Å². The molecule has 3 heteroatoms. The zero-order chi connectivity index (χ0) is 16.5. The van der Waals surface area contributed by atoms with Gasteiger partial charge in [0.25, 0.3) is 0 Å². The van der Waals surface area contributed by atoms with Crippen molar-refractivity contribution in [2.75, 3.05) is 0 Å². The van der Waals surface area contributed by atoms with Gasteiger partial charge in [-0.2, -0.15) is 0 Å². The van der Waals surface area contributed by atoms with Crippen LogP contribution in [0.3, 0.4) is 0 Å². The fourth-order valence-electron chi connectivity index (χ4n) is 3.26. The van der Waals surface area contributed by atoms with Crippen LogP contribution in [0.2, 0.25) is 0 Å². The Labute approximate surface area is 140 Å². The van der Waals surface area contributed by atoms with E-state index in [9.17, 15) is 4.39 Å². The van der Waals surface area contributed by atoms with E-state index in [1.165, 1.54) is 22.4 Å². The number of aromatic nitrogens is 1. The number of hydrogen-bond donors (Lipinski definition) is 2. The standard InChI is InChI=1S/C21H19FN2/c1-14(19-8-4-6-15-5-2-3-7-20(15)19)23-13-18-12-16-11-17(22)9-10-21(16)24-18/h2-12,14,23-24H,13H2,1H3/t14-/m1/s1. The smallest absolute Gasteiger partial charge is 0.123 e. The maximum absolute atomic E-state index is 13.3. The van der Waals surface area contributed by atoms with E-state index in [0.29, 0.717) is 6.54 Å². The van der Waals surface area contributed by atoms with Crippen molar-refractivity contribution in [3.8, 4) is 0 Å². The van der Waals surface area contributed by atoms with Crippen molar-refractivity contribution in [2.45, 2.75) is 19.5 Å². The molecule has 0 amide bonds. The van der Waals surface area contributed by atoms with Gasteiger partial charge in [-0.15, -0.1) is 0 Å². The molecule has 0 radical (unpaired) electrons. The van der Waals surface area contributed by atoms with Crippen LogP contribution in [0.15, 0.2) is 66.7 Å². The third-order valence-electron chi connectivity index (χ3n) is 4.53. The maximum Gasteiger partial charge on any atom is 0.123 e. The molecule has 4 rings (SSSR count). The molecule has 1 aromatic heterocycles. The van der Waals surface area contributed by atoms with Crippen LogP contribution in [0.1, 0.15) is 24.2 Å². The first-order chi connectivity index (χ1) is 11.7. The fourth-order valence-corrected chi connectivity index (χ4v) is 3.26. The van der Waals surface area contributed by atoms with Gasteiger partial charge in [0.05, 0.1) is 0 Å². The lowest BCUT2D eigenvalue weighted by molar-refractivity contribution is 0.573. The van der Waals surface area contributed by atoms with Gasteiger partial charge < -0.3 is 10.3 Å². The van der Waals surface area contributed by atoms with Crippen LogP contribution in [0.4, 0.5) is 4.39 Å².